The largest absolute Gasteiger partial charge is 0.296 e. The van der Waals surface area contributed by atoms with Crippen molar-refractivity contribution in [2.75, 3.05) is 19.6 Å². The maximum Gasteiger partial charge on any atom is 0.0163 e. The zero-order valence-electron chi connectivity index (χ0n) is 18.0. The first-order valence-electron chi connectivity index (χ1n) is 11.1. The second-order valence-electron chi connectivity index (χ2n) is 8.12. The molecule has 0 aromatic rings. The van der Waals surface area contributed by atoms with Crippen LogP contribution in [0.4, 0.5) is 0 Å². The summed E-state index contributed by atoms with van der Waals surface area (Å²) in [7, 11) is 0. The average Bonchev–Trinajstić information content (AvgIpc) is 2.58. The maximum absolute atomic E-state index is 3.83. The predicted octanol–water partition coefficient (Wildman–Crippen LogP) is 8.20. The predicted molar refractivity (Wildman–Crippen MR) is 124 cm³/mol. The Bertz CT molecular complexity index is 278. The summed E-state index contributed by atoms with van der Waals surface area (Å²) in [6.45, 7) is 15.5. The van der Waals surface area contributed by atoms with Gasteiger partial charge in [-0.05, 0) is 18.9 Å². The molecule has 0 amide bonds. The van der Waals surface area contributed by atoms with Gasteiger partial charge < -0.3 is 0 Å². The molecule has 0 heterocycles. The lowest BCUT2D eigenvalue weighted by Gasteiger charge is -2.18. The molecule has 0 spiro atoms. The van der Waals surface area contributed by atoms with Crippen molar-refractivity contribution < 1.29 is 0 Å². The number of nitrogens with zero attached hydrogens (tertiary/aromatic N) is 1. The van der Waals surface area contributed by atoms with Crippen molar-refractivity contribution in [3.63, 3.8) is 0 Å². The zero-order valence-corrected chi connectivity index (χ0v) is 18.8. The van der Waals surface area contributed by atoms with E-state index in [0.717, 1.165) is 19.0 Å². The molecule has 0 saturated heterocycles. The van der Waals surface area contributed by atoms with Gasteiger partial charge in [0.15, 0.2) is 0 Å². The fraction of sp³-hybridized carbons (Fsp3) is 0.833. The minimum atomic E-state index is 0. The smallest absolute Gasteiger partial charge is 0.0163 e. The van der Waals surface area contributed by atoms with Crippen LogP contribution in [0.25, 0.3) is 0 Å². The highest BCUT2D eigenvalue weighted by Gasteiger charge is 2.00. The lowest BCUT2D eigenvalue weighted by Crippen LogP contribution is -2.24. The van der Waals surface area contributed by atoms with Gasteiger partial charge in [-0.3, -0.25) is 4.90 Å². The Kier molecular flexibility index (Phi) is 24.5. The molecule has 2 heteroatoms. The summed E-state index contributed by atoms with van der Waals surface area (Å²) in [5.41, 5.74) is 0. The molecule has 0 N–H and O–H groups in total. The molecule has 0 aliphatic rings. The fourth-order valence-electron chi connectivity index (χ4n) is 3.45. The van der Waals surface area contributed by atoms with Gasteiger partial charge in [0.25, 0.3) is 0 Å². The summed E-state index contributed by atoms with van der Waals surface area (Å²) in [5, 5.41) is 0. The minimum Gasteiger partial charge on any atom is -0.296 e. The van der Waals surface area contributed by atoms with Crippen molar-refractivity contribution >= 4 is 12.4 Å². The molecule has 0 fully saturated rings. The van der Waals surface area contributed by atoms with E-state index in [2.05, 4.69) is 31.9 Å². The number of halogens is 1. The SMILES string of the molecule is C=CCN(CC=C)CCCCCCCCCCCCCCCC(C)C.Cl. The van der Waals surface area contributed by atoms with Crippen LogP contribution in [0.15, 0.2) is 25.3 Å². The third kappa shape index (κ3) is 21.8. The van der Waals surface area contributed by atoms with Crippen molar-refractivity contribution in [1.82, 2.24) is 4.90 Å². The Hall–Kier alpha value is -0.270. The van der Waals surface area contributed by atoms with Gasteiger partial charge >= 0.3 is 0 Å². The maximum atomic E-state index is 3.83. The van der Waals surface area contributed by atoms with Gasteiger partial charge in [-0.15, -0.1) is 25.6 Å². The monoisotopic (exact) mass is 385 g/mol. The summed E-state index contributed by atoms with van der Waals surface area (Å²) in [6, 6.07) is 0. The Morgan fingerprint density at radius 2 is 0.962 bits per heavy atom. The van der Waals surface area contributed by atoms with Crippen molar-refractivity contribution in [2.45, 2.75) is 104 Å². The van der Waals surface area contributed by atoms with Gasteiger partial charge in [0, 0.05) is 13.1 Å². The fourth-order valence-corrected chi connectivity index (χ4v) is 3.45. The van der Waals surface area contributed by atoms with E-state index in [9.17, 15) is 0 Å². The van der Waals surface area contributed by atoms with Gasteiger partial charge in [0.2, 0.25) is 0 Å². The second kappa shape index (κ2) is 22.8. The van der Waals surface area contributed by atoms with Crippen LogP contribution < -0.4 is 0 Å². The molecule has 0 aliphatic carbocycles. The first-order valence-corrected chi connectivity index (χ1v) is 11.1. The van der Waals surface area contributed by atoms with Gasteiger partial charge in [-0.25, -0.2) is 0 Å². The molecular weight excluding hydrogens is 338 g/mol. The standard InChI is InChI=1S/C24H47N.ClH/c1-5-21-25(22-6-2)23-19-17-15-13-11-9-7-8-10-12-14-16-18-20-24(3)4;/h5-6,24H,1-2,7-23H2,3-4H3;1H. The minimum absolute atomic E-state index is 0. The third-order valence-electron chi connectivity index (χ3n) is 5.03. The van der Waals surface area contributed by atoms with Crippen LogP contribution in [0.1, 0.15) is 104 Å². The van der Waals surface area contributed by atoms with Crippen LogP contribution >= 0.6 is 12.4 Å². The number of rotatable bonds is 20. The van der Waals surface area contributed by atoms with Gasteiger partial charge in [-0.2, -0.15) is 0 Å². The molecule has 156 valence electrons. The van der Waals surface area contributed by atoms with Crippen LogP contribution in [-0.2, 0) is 0 Å². The normalized spacial score (nSPS) is 10.9. The van der Waals surface area contributed by atoms with E-state index in [1.807, 2.05) is 12.2 Å². The molecule has 0 rings (SSSR count). The molecule has 26 heavy (non-hydrogen) atoms. The highest BCUT2D eigenvalue weighted by molar-refractivity contribution is 5.85. The number of unbranched alkanes of at least 4 members (excludes halogenated alkanes) is 12. The van der Waals surface area contributed by atoms with E-state index < -0.39 is 0 Å². The second-order valence-corrected chi connectivity index (χ2v) is 8.12. The molecule has 0 atom stereocenters. The van der Waals surface area contributed by atoms with Crippen LogP contribution in [0.3, 0.4) is 0 Å². The van der Waals surface area contributed by atoms with Crippen molar-refractivity contribution in [1.29, 1.82) is 0 Å². The summed E-state index contributed by atoms with van der Waals surface area (Å²) < 4.78 is 0. The molecule has 0 radical (unpaired) electrons. The van der Waals surface area contributed by atoms with Crippen molar-refractivity contribution in [3.05, 3.63) is 25.3 Å². The lowest BCUT2D eigenvalue weighted by atomic mass is 10.0. The van der Waals surface area contributed by atoms with E-state index >= 15 is 0 Å². The first-order chi connectivity index (χ1) is 12.2. The molecule has 1 nitrogen and oxygen atoms in total. The number of hydrogen-bond acceptors (Lipinski definition) is 1. The van der Waals surface area contributed by atoms with E-state index in [4.69, 9.17) is 0 Å². The van der Waals surface area contributed by atoms with E-state index in [1.165, 1.54) is 96.4 Å². The Balaban J connectivity index is 0. The van der Waals surface area contributed by atoms with Crippen LogP contribution in [0, 0.1) is 5.92 Å². The third-order valence-corrected chi connectivity index (χ3v) is 5.03. The lowest BCUT2D eigenvalue weighted by molar-refractivity contribution is 0.324. The molecule has 0 aromatic heterocycles. The van der Waals surface area contributed by atoms with Crippen LogP contribution in [0.5, 0.6) is 0 Å². The quantitative estimate of drug-likeness (QED) is 0.151. The van der Waals surface area contributed by atoms with Crippen LogP contribution in [0.2, 0.25) is 0 Å². The molecule has 0 aliphatic heterocycles. The molecular formula is C24H48ClN. The van der Waals surface area contributed by atoms with Gasteiger partial charge in [0.05, 0.1) is 0 Å². The van der Waals surface area contributed by atoms with Gasteiger partial charge in [0.1, 0.15) is 0 Å². The average molecular weight is 386 g/mol. The van der Waals surface area contributed by atoms with Crippen molar-refractivity contribution in [2.24, 2.45) is 5.92 Å². The number of hydrogen-bond donors (Lipinski definition) is 0. The highest BCUT2D eigenvalue weighted by Crippen LogP contribution is 2.14. The molecule has 0 saturated carbocycles. The molecule has 0 bridgehead atoms. The Morgan fingerprint density at radius 3 is 1.31 bits per heavy atom. The first kappa shape index (κ1) is 27.9. The topological polar surface area (TPSA) is 3.24 Å². The summed E-state index contributed by atoms with van der Waals surface area (Å²) in [6.07, 6.45) is 24.0. The Morgan fingerprint density at radius 1 is 0.615 bits per heavy atom. The molecule has 0 aromatic carbocycles. The Labute approximate surface area is 172 Å². The molecule has 0 unspecified atom stereocenters. The van der Waals surface area contributed by atoms with Crippen molar-refractivity contribution in [3.8, 4) is 0 Å². The zero-order chi connectivity index (χ0) is 18.6. The summed E-state index contributed by atoms with van der Waals surface area (Å²) >= 11 is 0. The van der Waals surface area contributed by atoms with E-state index in [0.29, 0.717) is 0 Å². The summed E-state index contributed by atoms with van der Waals surface area (Å²) in [5.74, 6) is 0.887. The van der Waals surface area contributed by atoms with Gasteiger partial charge in [-0.1, -0.05) is 109 Å². The van der Waals surface area contributed by atoms with Crippen LogP contribution in [-0.4, -0.2) is 24.5 Å². The van der Waals surface area contributed by atoms with E-state index in [1.54, 1.807) is 0 Å². The highest BCUT2D eigenvalue weighted by atomic mass is 35.5. The van der Waals surface area contributed by atoms with E-state index in [-0.39, 0.29) is 12.4 Å². The summed E-state index contributed by atoms with van der Waals surface area (Å²) in [4.78, 5) is 2.42.